The zero-order chi connectivity index (χ0) is 19.8. The zero-order valence-electron chi connectivity index (χ0n) is 17.1. The third kappa shape index (κ3) is 5.83. The molecular formula is C24H32N2O2. The van der Waals surface area contributed by atoms with Crippen molar-refractivity contribution in [3.05, 3.63) is 65.2 Å². The first-order valence-electron chi connectivity index (χ1n) is 10.5. The number of rotatable bonds is 8. The Morgan fingerprint density at radius 2 is 1.82 bits per heavy atom. The maximum Gasteiger partial charge on any atom is 0.261 e. The number of para-hydroxylation sites is 1. The first-order valence-corrected chi connectivity index (χ1v) is 10.5. The Bertz CT molecular complexity index is 769. The van der Waals surface area contributed by atoms with Gasteiger partial charge in [0.2, 0.25) is 0 Å². The minimum absolute atomic E-state index is 0.0628. The number of piperidine rings is 1. The maximum atomic E-state index is 12.6. The van der Waals surface area contributed by atoms with Gasteiger partial charge < -0.3 is 10.1 Å². The Hall–Kier alpha value is -2.33. The Balaban J connectivity index is 1.54. The van der Waals surface area contributed by atoms with E-state index in [1.807, 2.05) is 38.1 Å². The van der Waals surface area contributed by atoms with Crippen LogP contribution in [0.5, 0.6) is 5.75 Å². The summed E-state index contributed by atoms with van der Waals surface area (Å²) < 4.78 is 5.95. The summed E-state index contributed by atoms with van der Waals surface area (Å²) in [7, 11) is 0. The topological polar surface area (TPSA) is 41.6 Å². The zero-order valence-corrected chi connectivity index (χ0v) is 17.1. The van der Waals surface area contributed by atoms with Gasteiger partial charge in [-0.1, -0.05) is 55.8 Å². The highest BCUT2D eigenvalue weighted by molar-refractivity contribution is 5.81. The lowest BCUT2D eigenvalue weighted by Crippen LogP contribution is -2.37. The summed E-state index contributed by atoms with van der Waals surface area (Å²) >= 11 is 0. The summed E-state index contributed by atoms with van der Waals surface area (Å²) in [5.74, 6) is 0.709. The summed E-state index contributed by atoms with van der Waals surface area (Å²) in [5, 5.41) is 3.04. The molecule has 4 nitrogen and oxygen atoms in total. The van der Waals surface area contributed by atoms with E-state index < -0.39 is 6.10 Å². The molecule has 0 saturated carbocycles. The molecular weight excluding hydrogens is 348 g/mol. The van der Waals surface area contributed by atoms with E-state index in [-0.39, 0.29) is 5.91 Å². The van der Waals surface area contributed by atoms with Crippen LogP contribution in [0, 0.1) is 6.92 Å². The summed E-state index contributed by atoms with van der Waals surface area (Å²) in [4.78, 5) is 15.1. The number of aryl methyl sites for hydroxylation is 1. The number of likely N-dealkylation sites (tertiary alicyclic amines) is 1. The molecule has 2 aromatic rings. The van der Waals surface area contributed by atoms with Gasteiger partial charge in [-0.3, -0.25) is 9.69 Å². The Kier molecular flexibility index (Phi) is 7.49. The van der Waals surface area contributed by atoms with Crippen LogP contribution in [0.3, 0.4) is 0 Å². The van der Waals surface area contributed by atoms with Gasteiger partial charge in [0.25, 0.3) is 5.91 Å². The van der Waals surface area contributed by atoms with Crippen molar-refractivity contribution in [3.8, 4) is 5.75 Å². The van der Waals surface area contributed by atoms with Gasteiger partial charge in [-0.25, -0.2) is 0 Å². The average Bonchev–Trinajstić information content (AvgIpc) is 2.72. The van der Waals surface area contributed by atoms with Crippen molar-refractivity contribution in [1.29, 1.82) is 0 Å². The summed E-state index contributed by atoms with van der Waals surface area (Å²) in [5.41, 5.74) is 3.49. The van der Waals surface area contributed by atoms with Gasteiger partial charge >= 0.3 is 0 Å². The number of hydrogen-bond donors (Lipinski definition) is 1. The van der Waals surface area contributed by atoms with Gasteiger partial charge in [0.1, 0.15) is 5.75 Å². The van der Waals surface area contributed by atoms with Crippen molar-refractivity contribution in [1.82, 2.24) is 10.2 Å². The SMILES string of the molecule is CC[C@@H](Oc1ccccc1C)C(=O)NCc1cccc(CN2CCCCC2)c1. The van der Waals surface area contributed by atoms with Crippen LogP contribution in [0.2, 0.25) is 0 Å². The molecule has 0 aromatic heterocycles. The highest BCUT2D eigenvalue weighted by Gasteiger charge is 2.19. The number of ether oxygens (including phenoxy) is 1. The molecule has 1 amide bonds. The summed E-state index contributed by atoms with van der Waals surface area (Å²) in [6.07, 6.45) is 4.11. The van der Waals surface area contributed by atoms with Crippen molar-refractivity contribution in [2.75, 3.05) is 13.1 Å². The number of amides is 1. The van der Waals surface area contributed by atoms with Gasteiger partial charge in [-0.2, -0.15) is 0 Å². The number of carbonyl (C=O) groups is 1. The van der Waals surface area contributed by atoms with E-state index in [9.17, 15) is 4.79 Å². The van der Waals surface area contributed by atoms with Crippen molar-refractivity contribution in [3.63, 3.8) is 0 Å². The second kappa shape index (κ2) is 10.3. The molecule has 0 unspecified atom stereocenters. The largest absolute Gasteiger partial charge is 0.480 e. The normalized spacial score (nSPS) is 15.8. The quantitative estimate of drug-likeness (QED) is 0.735. The van der Waals surface area contributed by atoms with Crippen LogP contribution < -0.4 is 10.1 Å². The first-order chi connectivity index (χ1) is 13.7. The Morgan fingerprint density at radius 1 is 1.07 bits per heavy atom. The van der Waals surface area contributed by atoms with Crippen LogP contribution in [0.4, 0.5) is 0 Å². The first kappa shape index (κ1) is 20.4. The second-order valence-corrected chi connectivity index (χ2v) is 7.65. The molecule has 2 aromatic carbocycles. The van der Waals surface area contributed by atoms with Gasteiger partial charge in [-0.05, 0) is 62.0 Å². The Labute approximate surface area is 168 Å². The number of nitrogens with one attached hydrogen (secondary N) is 1. The molecule has 1 aliphatic heterocycles. The predicted molar refractivity (Wildman–Crippen MR) is 113 cm³/mol. The lowest BCUT2D eigenvalue weighted by atomic mass is 10.1. The molecule has 1 atom stereocenters. The van der Waals surface area contributed by atoms with E-state index in [4.69, 9.17) is 4.74 Å². The monoisotopic (exact) mass is 380 g/mol. The number of benzene rings is 2. The van der Waals surface area contributed by atoms with Crippen LogP contribution in [0.1, 0.15) is 49.3 Å². The molecule has 150 valence electrons. The third-order valence-corrected chi connectivity index (χ3v) is 5.34. The standard InChI is InChI=1S/C24H32N2O2/c1-3-22(28-23-13-6-5-10-19(23)2)24(27)25-17-20-11-9-12-21(16-20)18-26-14-7-4-8-15-26/h5-6,9-13,16,22H,3-4,7-8,14-15,17-18H2,1-2H3,(H,25,27)/t22-/m1/s1. The number of carbonyl (C=O) groups excluding carboxylic acids is 1. The molecule has 1 aliphatic rings. The molecule has 3 rings (SSSR count). The van der Waals surface area contributed by atoms with E-state index in [1.54, 1.807) is 0 Å². The highest BCUT2D eigenvalue weighted by atomic mass is 16.5. The van der Waals surface area contributed by atoms with E-state index in [0.29, 0.717) is 13.0 Å². The fourth-order valence-electron chi connectivity index (χ4n) is 3.68. The maximum absolute atomic E-state index is 12.6. The summed E-state index contributed by atoms with van der Waals surface area (Å²) in [6, 6.07) is 16.4. The third-order valence-electron chi connectivity index (χ3n) is 5.34. The van der Waals surface area contributed by atoms with Crippen LogP contribution in [-0.4, -0.2) is 30.0 Å². The molecule has 28 heavy (non-hydrogen) atoms. The lowest BCUT2D eigenvalue weighted by Gasteiger charge is -2.26. The van der Waals surface area contributed by atoms with Crippen LogP contribution in [-0.2, 0) is 17.9 Å². The lowest BCUT2D eigenvalue weighted by molar-refractivity contribution is -0.128. The number of nitrogens with zero attached hydrogens (tertiary/aromatic N) is 1. The number of hydrogen-bond acceptors (Lipinski definition) is 3. The van der Waals surface area contributed by atoms with Crippen molar-refractivity contribution in [2.24, 2.45) is 0 Å². The van der Waals surface area contributed by atoms with Crippen LogP contribution >= 0.6 is 0 Å². The van der Waals surface area contributed by atoms with E-state index in [1.165, 1.54) is 37.9 Å². The predicted octanol–water partition coefficient (Wildman–Crippen LogP) is 4.45. The average molecular weight is 381 g/mol. The Morgan fingerprint density at radius 3 is 2.57 bits per heavy atom. The van der Waals surface area contributed by atoms with Crippen LogP contribution in [0.15, 0.2) is 48.5 Å². The van der Waals surface area contributed by atoms with E-state index in [2.05, 4.69) is 34.5 Å². The minimum atomic E-state index is -0.474. The fourth-order valence-corrected chi connectivity index (χ4v) is 3.68. The molecule has 1 N–H and O–H groups in total. The van der Waals surface area contributed by atoms with Gasteiger partial charge in [0.05, 0.1) is 0 Å². The second-order valence-electron chi connectivity index (χ2n) is 7.65. The van der Waals surface area contributed by atoms with E-state index in [0.717, 1.165) is 23.4 Å². The molecule has 1 fully saturated rings. The van der Waals surface area contributed by atoms with Gasteiger partial charge in [0, 0.05) is 13.1 Å². The molecule has 1 heterocycles. The summed E-state index contributed by atoms with van der Waals surface area (Å²) in [6.45, 7) is 7.87. The minimum Gasteiger partial charge on any atom is -0.480 e. The fraction of sp³-hybridized carbons (Fsp3) is 0.458. The van der Waals surface area contributed by atoms with Crippen molar-refractivity contribution < 1.29 is 9.53 Å². The van der Waals surface area contributed by atoms with Gasteiger partial charge in [-0.15, -0.1) is 0 Å². The molecule has 0 radical (unpaired) electrons. The molecule has 0 spiro atoms. The molecule has 1 saturated heterocycles. The van der Waals surface area contributed by atoms with Crippen molar-refractivity contribution in [2.45, 2.75) is 58.7 Å². The van der Waals surface area contributed by atoms with Gasteiger partial charge in [0.15, 0.2) is 6.10 Å². The highest BCUT2D eigenvalue weighted by Crippen LogP contribution is 2.19. The molecule has 0 aliphatic carbocycles. The molecule has 0 bridgehead atoms. The smallest absolute Gasteiger partial charge is 0.261 e. The van der Waals surface area contributed by atoms with Crippen LogP contribution in [0.25, 0.3) is 0 Å². The molecule has 4 heteroatoms. The van der Waals surface area contributed by atoms with Crippen molar-refractivity contribution >= 4 is 5.91 Å². The van der Waals surface area contributed by atoms with E-state index >= 15 is 0 Å².